The number of aromatic nitrogens is 4. The fourth-order valence-corrected chi connectivity index (χ4v) is 3.20. The summed E-state index contributed by atoms with van der Waals surface area (Å²) in [7, 11) is 1.85. The van der Waals surface area contributed by atoms with Gasteiger partial charge < -0.3 is 9.73 Å². The Labute approximate surface area is 174 Å². The molecule has 2 heterocycles. The van der Waals surface area contributed by atoms with Gasteiger partial charge in [0, 0.05) is 35.5 Å². The average Bonchev–Trinajstić information content (AvgIpc) is 3.38. The van der Waals surface area contributed by atoms with Crippen molar-refractivity contribution in [2.45, 2.75) is 26.3 Å². The summed E-state index contributed by atoms with van der Waals surface area (Å²) in [5.41, 5.74) is 3.67. The Kier molecular flexibility index (Phi) is 4.95. The topological polar surface area (TPSA) is 85.8 Å². The minimum atomic E-state index is -0.543. The first-order valence-corrected chi connectivity index (χ1v) is 9.65. The highest BCUT2D eigenvalue weighted by Crippen LogP contribution is 2.26. The Hall–Kier alpha value is -3.74. The minimum absolute atomic E-state index is 0.165. The molecule has 0 radical (unpaired) electrons. The Morgan fingerprint density at radius 2 is 1.73 bits per heavy atom. The van der Waals surface area contributed by atoms with Crippen molar-refractivity contribution in [2.75, 3.05) is 0 Å². The predicted octanol–water partition coefficient (Wildman–Crippen LogP) is 4.11. The summed E-state index contributed by atoms with van der Waals surface area (Å²) >= 11 is 0. The van der Waals surface area contributed by atoms with Gasteiger partial charge in [0.25, 0.3) is 5.91 Å². The van der Waals surface area contributed by atoms with Crippen LogP contribution in [-0.2, 0) is 12.6 Å². The molecule has 30 heavy (non-hydrogen) atoms. The number of carbonyl (C=O) groups excluding carboxylic acids is 1. The van der Waals surface area contributed by atoms with Crippen molar-refractivity contribution < 1.29 is 9.21 Å². The van der Waals surface area contributed by atoms with E-state index < -0.39 is 5.54 Å². The van der Waals surface area contributed by atoms with Crippen molar-refractivity contribution in [3.63, 3.8) is 0 Å². The first kappa shape index (κ1) is 19.6. The minimum Gasteiger partial charge on any atom is -0.416 e. The number of amides is 1. The standard InChI is InChI=1S/C23H23N5O2/c1-15-7-5-6-8-19(15)22-27-26-21(30-22)17-11-9-16(10-12-17)20(29)25-23(2,3)18-13-24-28(4)14-18/h5-14H,1-4H3,(H,25,29). The molecule has 0 saturated heterocycles. The highest BCUT2D eigenvalue weighted by molar-refractivity contribution is 5.95. The molecule has 4 rings (SSSR count). The van der Waals surface area contributed by atoms with E-state index in [4.69, 9.17) is 4.42 Å². The predicted molar refractivity (Wildman–Crippen MR) is 114 cm³/mol. The molecule has 0 spiro atoms. The van der Waals surface area contributed by atoms with Gasteiger partial charge in [-0.15, -0.1) is 10.2 Å². The van der Waals surface area contributed by atoms with Crippen LogP contribution in [0.25, 0.3) is 22.9 Å². The van der Waals surface area contributed by atoms with Crippen LogP contribution in [0.5, 0.6) is 0 Å². The molecule has 4 aromatic rings. The zero-order valence-electron chi connectivity index (χ0n) is 17.4. The van der Waals surface area contributed by atoms with E-state index in [1.165, 1.54) is 0 Å². The molecule has 7 heteroatoms. The third-order valence-electron chi connectivity index (χ3n) is 5.05. The summed E-state index contributed by atoms with van der Waals surface area (Å²) in [5.74, 6) is 0.723. The highest BCUT2D eigenvalue weighted by Gasteiger charge is 2.25. The van der Waals surface area contributed by atoms with Crippen LogP contribution in [0.2, 0.25) is 0 Å². The number of carbonyl (C=O) groups is 1. The number of hydrogen-bond donors (Lipinski definition) is 1. The fraction of sp³-hybridized carbons (Fsp3) is 0.217. The van der Waals surface area contributed by atoms with Gasteiger partial charge in [0.2, 0.25) is 11.8 Å². The van der Waals surface area contributed by atoms with Crippen molar-refractivity contribution in [2.24, 2.45) is 7.05 Å². The van der Waals surface area contributed by atoms with E-state index in [0.29, 0.717) is 17.3 Å². The van der Waals surface area contributed by atoms with Gasteiger partial charge in [-0.05, 0) is 56.7 Å². The summed E-state index contributed by atoms with van der Waals surface area (Å²) in [4.78, 5) is 12.7. The molecule has 0 atom stereocenters. The van der Waals surface area contributed by atoms with E-state index in [9.17, 15) is 4.79 Å². The Bertz CT molecular complexity index is 1190. The van der Waals surface area contributed by atoms with Gasteiger partial charge in [0.15, 0.2) is 0 Å². The maximum absolute atomic E-state index is 12.7. The second-order valence-corrected chi connectivity index (χ2v) is 7.79. The zero-order chi connectivity index (χ0) is 21.3. The Balaban J connectivity index is 1.51. The quantitative estimate of drug-likeness (QED) is 0.544. The molecule has 7 nitrogen and oxygen atoms in total. The highest BCUT2D eigenvalue weighted by atomic mass is 16.4. The number of rotatable bonds is 5. The second kappa shape index (κ2) is 7.59. The molecule has 0 unspecified atom stereocenters. The number of nitrogens with zero attached hydrogens (tertiary/aromatic N) is 4. The molecule has 1 amide bonds. The van der Waals surface area contributed by atoms with Gasteiger partial charge >= 0.3 is 0 Å². The molecule has 152 valence electrons. The first-order chi connectivity index (χ1) is 14.3. The molecule has 0 aliphatic rings. The van der Waals surface area contributed by atoms with Crippen molar-refractivity contribution >= 4 is 5.91 Å². The summed E-state index contributed by atoms with van der Waals surface area (Å²) in [6, 6.07) is 15.0. The largest absolute Gasteiger partial charge is 0.416 e. The fourth-order valence-electron chi connectivity index (χ4n) is 3.20. The first-order valence-electron chi connectivity index (χ1n) is 9.65. The van der Waals surface area contributed by atoms with E-state index in [0.717, 1.165) is 22.3 Å². The van der Waals surface area contributed by atoms with Crippen LogP contribution in [0.1, 0.15) is 35.3 Å². The zero-order valence-corrected chi connectivity index (χ0v) is 17.4. The van der Waals surface area contributed by atoms with Crippen LogP contribution in [0, 0.1) is 6.92 Å². The summed E-state index contributed by atoms with van der Waals surface area (Å²) in [6.45, 7) is 5.89. The summed E-state index contributed by atoms with van der Waals surface area (Å²) in [5, 5.41) is 15.5. The van der Waals surface area contributed by atoms with Gasteiger partial charge in [-0.1, -0.05) is 18.2 Å². The summed E-state index contributed by atoms with van der Waals surface area (Å²) < 4.78 is 7.56. The number of nitrogens with one attached hydrogen (secondary N) is 1. The maximum Gasteiger partial charge on any atom is 0.251 e. The van der Waals surface area contributed by atoms with Crippen molar-refractivity contribution in [1.29, 1.82) is 0 Å². The lowest BCUT2D eigenvalue weighted by molar-refractivity contribution is 0.0912. The van der Waals surface area contributed by atoms with Gasteiger partial charge in [-0.3, -0.25) is 9.48 Å². The number of benzene rings is 2. The lowest BCUT2D eigenvalue weighted by Gasteiger charge is -2.25. The van der Waals surface area contributed by atoms with E-state index in [1.807, 2.05) is 58.3 Å². The Morgan fingerprint density at radius 3 is 2.40 bits per heavy atom. The van der Waals surface area contributed by atoms with E-state index in [1.54, 1.807) is 35.1 Å². The average molecular weight is 401 g/mol. The lowest BCUT2D eigenvalue weighted by Crippen LogP contribution is -2.40. The third-order valence-corrected chi connectivity index (χ3v) is 5.05. The van der Waals surface area contributed by atoms with Crippen LogP contribution < -0.4 is 5.32 Å². The van der Waals surface area contributed by atoms with Crippen molar-refractivity contribution in [1.82, 2.24) is 25.3 Å². The molecule has 0 saturated carbocycles. The van der Waals surface area contributed by atoms with Crippen LogP contribution in [-0.4, -0.2) is 25.9 Å². The van der Waals surface area contributed by atoms with Gasteiger partial charge in [0.05, 0.1) is 11.7 Å². The molecule has 2 aromatic heterocycles. The lowest BCUT2D eigenvalue weighted by atomic mass is 9.97. The normalized spacial score (nSPS) is 11.5. The molecular formula is C23H23N5O2. The number of hydrogen-bond acceptors (Lipinski definition) is 5. The maximum atomic E-state index is 12.7. The van der Waals surface area contributed by atoms with Crippen LogP contribution >= 0.6 is 0 Å². The SMILES string of the molecule is Cc1ccccc1-c1nnc(-c2ccc(C(=O)NC(C)(C)c3cnn(C)c3)cc2)o1. The van der Waals surface area contributed by atoms with E-state index in [-0.39, 0.29) is 5.91 Å². The van der Waals surface area contributed by atoms with Crippen LogP contribution in [0.4, 0.5) is 0 Å². The molecule has 0 bridgehead atoms. The molecule has 1 N–H and O–H groups in total. The molecule has 2 aromatic carbocycles. The van der Waals surface area contributed by atoms with Gasteiger partial charge in [0.1, 0.15) is 0 Å². The Morgan fingerprint density at radius 1 is 1.03 bits per heavy atom. The van der Waals surface area contributed by atoms with Crippen LogP contribution in [0.15, 0.2) is 65.3 Å². The molecule has 0 aliphatic carbocycles. The second-order valence-electron chi connectivity index (χ2n) is 7.79. The van der Waals surface area contributed by atoms with Crippen molar-refractivity contribution in [3.8, 4) is 22.9 Å². The van der Waals surface area contributed by atoms with Crippen molar-refractivity contribution in [3.05, 3.63) is 77.6 Å². The van der Waals surface area contributed by atoms with Gasteiger partial charge in [-0.2, -0.15) is 5.10 Å². The number of aryl methyl sites for hydroxylation is 2. The van der Waals surface area contributed by atoms with Crippen LogP contribution in [0.3, 0.4) is 0 Å². The van der Waals surface area contributed by atoms with E-state index >= 15 is 0 Å². The smallest absolute Gasteiger partial charge is 0.251 e. The molecule has 0 fully saturated rings. The third kappa shape index (κ3) is 3.87. The monoisotopic (exact) mass is 401 g/mol. The molecule has 0 aliphatic heterocycles. The molecular weight excluding hydrogens is 378 g/mol. The summed E-state index contributed by atoms with van der Waals surface area (Å²) in [6.07, 6.45) is 3.65. The van der Waals surface area contributed by atoms with E-state index in [2.05, 4.69) is 20.6 Å². The van der Waals surface area contributed by atoms with Gasteiger partial charge in [-0.25, -0.2) is 0 Å².